The average Bonchev–Trinajstić information content (AvgIpc) is 2.41. The van der Waals surface area contributed by atoms with Crippen LogP contribution >= 0.6 is 15.9 Å². The van der Waals surface area contributed by atoms with E-state index in [9.17, 15) is 0 Å². The molecule has 3 heteroatoms. The number of hydrogen-bond donors (Lipinski definition) is 2. The molecule has 0 fully saturated rings. The van der Waals surface area contributed by atoms with Gasteiger partial charge in [-0.1, -0.05) is 52.3 Å². The molecule has 1 atom stereocenters. The second kappa shape index (κ2) is 6.33. The van der Waals surface area contributed by atoms with Crippen LogP contribution in [-0.2, 0) is 6.42 Å². The highest BCUT2D eigenvalue weighted by Gasteiger charge is 2.12. The Labute approximate surface area is 123 Å². The van der Waals surface area contributed by atoms with E-state index in [0.717, 1.165) is 10.9 Å². The summed E-state index contributed by atoms with van der Waals surface area (Å²) in [4.78, 5) is 0. The minimum absolute atomic E-state index is 0.132. The number of hydrazine groups is 1. The fourth-order valence-corrected chi connectivity index (χ4v) is 2.46. The zero-order chi connectivity index (χ0) is 13.8. The molecule has 0 bridgehead atoms. The predicted molar refractivity (Wildman–Crippen MR) is 83.8 cm³/mol. The van der Waals surface area contributed by atoms with Gasteiger partial charge in [-0.15, -0.1) is 0 Å². The first-order valence-corrected chi connectivity index (χ1v) is 7.18. The van der Waals surface area contributed by atoms with Gasteiger partial charge in [-0.05, 0) is 48.6 Å². The SMILES string of the molecule is Cc1cc(C(Cc2ccccc2C)NN)ccc1Br. The van der Waals surface area contributed by atoms with Gasteiger partial charge in [-0.2, -0.15) is 0 Å². The Morgan fingerprint density at radius 2 is 1.84 bits per heavy atom. The van der Waals surface area contributed by atoms with Crippen LogP contribution < -0.4 is 11.3 Å². The third kappa shape index (κ3) is 3.44. The maximum atomic E-state index is 5.73. The average molecular weight is 319 g/mol. The van der Waals surface area contributed by atoms with Gasteiger partial charge in [0, 0.05) is 10.5 Å². The van der Waals surface area contributed by atoms with Crippen molar-refractivity contribution in [1.82, 2.24) is 5.43 Å². The standard InChI is InChI=1S/C16H19BrN2/c1-11-5-3-4-6-13(11)10-16(19-18)14-7-8-15(17)12(2)9-14/h3-9,16,19H,10,18H2,1-2H3. The summed E-state index contributed by atoms with van der Waals surface area (Å²) in [6.45, 7) is 4.23. The summed E-state index contributed by atoms with van der Waals surface area (Å²) in [5, 5.41) is 0. The molecule has 1 unspecified atom stereocenters. The van der Waals surface area contributed by atoms with E-state index in [2.05, 4.69) is 77.7 Å². The van der Waals surface area contributed by atoms with Gasteiger partial charge in [-0.25, -0.2) is 0 Å². The Hall–Kier alpha value is -1.16. The molecule has 2 nitrogen and oxygen atoms in total. The number of halogens is 1. The molecule has 2 rings (SSSR count). The van der Waals surface area contributed by atoms with Crippen molar-refractivity contribution in [2.45, 2.75) is 26.3 Å². The maximum absolute atomic E-state index is 5.73. The molecule has 0 aliphatic carbocycles. The summed E-state index contributed by atoms with van der Waals surface area (Å²) in [6, 6.07) is 14.9. The summed E-state index contributed by atoms with van der Waals surface area (Å²) in [5.74, 6) is 5.73. The molecule has 100 valence electrons. The first-order valence-electron chi connectivity index (χ1n) is 6.38. The molecule has 0 aliphatic rings. The van der Waals surface area contributed by atoms with Crippen LogP contribution in [0.5, 0.6) is 0 Å². The van der Waals surface area contributed by atoms with Gasteiger partial charge in [0.15, 0.2) is 0 Å². The van der Waals surface area contributed by atoms with Crippen LogP contribution in [0.4, 0.5) is 0 Å². The molecule has 0 radical (unpaired) electrons. The lowest BCUT2D eigenvalue weighted by atomic mass is 9.96. The number of rotatable bonds is 4. The lowest BCUT2D eigenvalue weighted by Gasteiger charge is -2.18. The molecule has 3 N–H and O–H groups in total. The Morgan fingerprint density at radius 1 is 1.11 bits per heavy atom. The van der Waals surface area contributed by atoms with Gasteiger partial charge in [0.25, 0.3) is 0 Å². The van der Waals surface area contributed by atoms with Crippen LogP contribution in [0.25, 0.3) is 0 Å². The maximum Gasteiger partial charge on any atom is 0.0500 e. The van der Waals surface area contributed by atoms with Crippen LogP contribution in [-0.4, -0.2) is 0 Å². The summed E-state index contributed by atoms with van der Waals surface area (Å²) in [7, 11) is 0. The van der Waals surface area contributed by atoms with Crippen molar-refractivity contribution in [2.75, 3.05) is 0 Å². The number of benzene rings is 2. The lowest BCUT2D eigenvalue weighted by Crippen LogP contribution is -2.29. The van der Waals surface area contributed by atoms with Crippen LogP contribution in [0.3, 0.4) is 0 Å². The number of nitrogens with one attached hydrogen (secondary N) is 1. The van der Waals surface area contributed by atoms with Gasteiger partial charge in [0.2, 0.25) is 0 Å². The highest BCUT2D eigenvalue weighted by molar-refractivity contribution is 9.10. The second-order valence-corrected chi connectivity index (χ2v) is 5.71. The highest BCUT2D eigenvalue weighted by atomic mass is 79.9. The van der Waals surface area contributed by atoms with Crippen molar-refractivity contribution >= 4 is 15.9 Å². The van der Waals surface area contributed by atoms with E-state index in [1.165, 1.54) is 22.3 Å². The van der Waals surface area contributed by atoms with Gasteiger partial charge >= 0.3 is 0 Å². The van der Waals surface area contributed by atoms with Gasteiger partial charge in [-0.3, -0.25) is 11.3 Å². The van der Waals surface area contributed by atoms with E-state index in [-0.39, 0.29) is 6.04 Å². The fraction of sp³-hybridized carbons (Fsp3) is 0.250. The van der Waals surface area contributed by atoms with E-state index in [0.29, 0.717) is 0 Å². The second-order valence-electron chi connectivity index (χ2n) is 4.86. The van der Waals surface area contributed by atoms with Gasteiger partial charge < -0.3 is 0 Å². The van der Waals surface area contributed by atoms with E-state index >= 15 is 0 Å². The molecular formula is C16H19BrN2. The van der Waals surface area contributed by atoms with Crippen LogP contribution in [0.2, 0.25) is 0 Å². The summed E-state index contributed by atoms with van der Waals surface area (Å²) in [6.07, 6.45) is 0.893. The fourth-order valence-electron chi connectivity index (χ4n) is 2.22. The topological polar surface area (TPSA) is 38.0 Å². The van der Waals surface area contributed by atoms with Gasteiger partial charge in [0.1, 0.15) is 0 Å². The summed E-state index contributed by atoms with van der Waals surface area (Å²) in [5.41, 5.74) is 7.99. The molecule has 0 aliphatic heterocycles. The first kappa shape index (κ1) is 14.3. The number of aryl methyl sites for hydroxylation is 2. The first-order chi connectivity index (χ1) is 9.11. The van der Waals surface area contributed by atoms with E-state index in [1.54, 1.807) is 0 Å². The normalized spacial score (nSPS) is 12.4. The number of hydrogen-bond acceptors (Lipinski definition) is 2. The molecule has 0 saturated carbocycles. The van der Waals surface area contributed by atoms with E-state index < -0.39 is 0 Å². The Morgan fingerprint density at radius 3 is 2.47 bits per heavy atom. The number of nitrogens with two attached hydrogens (primary N) is 1. The molecule has 0 saturated heterocycles. The van der Waals surface area contributed by atoms with Crippen molar-refractivity contribution in [3.05, 3.63) is 69.2 Å². The molecular weight excluding hydrogens is 300 g/mol. The molecule has 0 amide bonds. The Kier molecular flexibility index (Phi) is 4.75. The molecule has 0 spiro atoms. The van der Waals surface area contributed by atoms with Gasteiger partial charge in [0.05, 0.1) is 0 Å². The van der Waals surface area contributed by atoms with Crippen LogP contribution in [0, 0.1) is 13.8 Å². The highest BCUT2D eigenvalue weighted by Crippen LogP contribution is 2.24. The van der Waals surface area contributed by atoms with Crippen molar-refractivity contribution < 1.29 is 0 Å². The quantitative estimate of drug-likeness (QED) is 0.664. The third-order valence-corrected chi connectivity index (χ3v) is 4.36. The van der Waals surface area contributed by atoms with E-state index in [1.807, 2.05) is 0 Å². The zero-order valence-corrected chi connectivity index (χ0v) is 12.9. The molecule has 0 heterocycles. The van der Waals surface area contributed by atoms with Crippen molar-refractivity contribution in [1.29, 1.82) is 0 Å². The van der Waals surface area contributed by atoms with Crippen molar-refractivity contribution in [3.63, 3.8) is 0 Å². The van der Waals surface area contributed by atoms with Crippen molar-refractivity contribution in [3.8, 4) is 0 Å². The summed E-state index contributed by atoms with van der Waals surface area (Å²) >= 11 is 3.53. The largest absolute Gasteiger partial charge is 0.271 e. The molecule has 2 aromatic carbocycles. The lowest BCUT2D eigenvalue weighted by molar-refractivity contribution is 0.550. The third-order valence-electron chi connectivity index (χ3n) is 3.47. The predicted octanol–water partition coefficient (Wildman–Crippen LogP) is 3.81. The zero-order valence-electron chi connectivity index (χ0n) is 11.3. The minimum atomic E-state index is 0.132. The summed E-state index contributed by atoms with van der Waals surface area (Å²) < 4.78 is 1.13. The minimum Gasteiger partial charge on any atom is -0.271 e. The van der Waals surface area contributed by atoms with E-state index in [4.69, 9.17) is 5.84 Å². The van der Waals surface area contributed by atoms with Crippen LogP contribution in [0.1, 0.15) is 28.3 Å². The Bertz CT molecular complexity index is 566. The van der Waals surface area contributed by atoms with Crippen molar-refractivity contribution in [2.24, 2.45) is 5.84 Å². The molecule has 0 aromatic heterocycles. The smallest absolute Gasteiger partial charge is 0.0500 e. The van der Waals surface area contributed by atoms with Crippen LogP contribution in [0.15, 0.2) is 46.9 Å². The Balaban J connectivity index is 2.25. The monoisotopic (exact) mass is 318 g/mol. The molecule has 19 heavy (non-hydrogen) atoms. The molecule has 2 aromatic rings.